The van der Waals surface area contributed by atoms with Gasteiger partial charge < -0.3 is 24.3 Å². The molecule has 1 unspecified atom stereocenters. The molecule has 0 aromatic carbocycles. The van der Waals surface area contributed by atoms with Crippen molar-refractivity contribution in [1.82, 2.24) is 5.32 Å². The molecule has 1 aliphatic rings. The zero-order valence-electron chi connectivity index (χ0n) is 9.15. The molecule has 0 amide bonds. The molecular weight excluding hydrogens is 210 g/mol. The average Bonchev–Trinajstić information content (AvgIpc) is 2.78. The van der Waals surface area contributed by atoms with E-state index in [2.05, 4.69) is 5.32 Å². The monoisotopic (exact) mass is 227 g/mol. The lowest BCUT2D eigenvalue weighted by Crippen LogP contribution is -2.37. The van der Waals surface area contributed by atoms with Crippen molar-refractivity contribution >= 4 is 0 Å². The van der Waals surface area contributed by atoms with Crippen LogP contribution in [0, 0.1) is 0 Å². The summed E-state index contributed by atoms with van der Waals surface area (Å²) in [5.74, 6) is 1.41. The Morgan fingerprint density at radius 1 is 1.31 bits per heavy atom. The van der Waals surface area contributed by atoms with E-state index in [9.17, 15) is 0 Å². The molecule has 1 aromatic heterocycles. The van der Waals surface area contributed by atoms with Gasteiger partial charge in [-0.05, 0) is 12.1 Å². The number of hydrogen-bond donors (Lipinski definition) is 2. The second kappa shape index (κ2) is 6.00. The first kappa shape index (κ1) is 11.6. The van der Waals surface area contributed by atoms with E-state index in [-0.39, 0.29) is 12.7 Å². The summed E-state index contributed by atoms with van der Waals surface area (Å²) in [7, 11) is 0. The summed E-state index contributed by atoms with van der Waals surface area (Å²) in [4.78, 5) is 0. The van der Waals surface area contributed by atoms with E-state index in [1.54, 1.807) is 6.07 Å². The van der Waals surface area contributed by atoms with Crippen LogP contribution < -0.4 is 5.32 Å². The minimum Gasteiger partial charge on any atom is -0.462 e. The van der Waals surface area contributed by atoms with E-state index in [0.717, 1.165) is 12.3 Å². The SMILES string of the molecule is OCc1ccc(CNCC2COCCO2)o1. The lowest BCUT2D eigenvalue weighted by molar-refractivity contribution is -0.0865. The van der Waals surface area contributed by atoms with Crippen molar-refractivity contribution in [2.24, 2.45) is 0 Å². The first-order valence-electron chi connectivity index (χ1n) is 5.47. The summed E-state index contributed by atoms with van der Waals surface area (Å²) in [6.45, 7) is 3.33. The van der Waals surface area contributed by atoms with Crippen molar-refractivity contribution in [3.63, 3.8) is 0 Å². The van der Waals surface area contributed by atoms with Gasteiger partial charge in [-0.15, -0.1) is 0 Å². The number of aliphatic hydroxyl groups excluding tert-OH is 1. The summed E-state index contributed by atoms with van der Waals surface area (Å²) >= 11 is 0. The third-order valence-corrected chi connectivity index (χ3v) is 2.43. The summed E-state index contributed by atoms with van der Waals surface area (Å²) < 4.78 is 16.1. The van der Waals surface area contributed by atoms with Gasteiger partial charge in [0.15, 0.2) is 0 Å². The van der Waals surface area contributed by atoms with Crippen LogP contribution in [0.15, 0.2) is 16.5 Å². The molecule has 2 heterocycles. The number of furan rings is 1. The molecule has 16 heavy (non-hydrogen) atoms. The maximum Gasteiger partial charge on any atom is 0.129 e. The molecule has 1 aliphatic heterocycles. The number of rotatable bonds is 5. The summed E-state index contributed by atoms with van der Waals surface area (Å²) in [6.07, 6.45) is 0.126. The molecule has 1 atom stereocenters. The Morgan fingerprint density at radius 2 is 2.19 bits per heavy atom. The van der Waals surface area contributed by atoms with Gasteiger partial charge in [-0.3, -0.25) is 0 Å². The summed E-state index contributed by atoms with van der Waals surface area (Å²) in [5, 5.41) is 12.1. The Balaban J connectivity index is 1.66. The van der Waals surface area contributed by atoms with Crippen LogP contribution in [0.4, 0.5) is 0 Å². The van der Waals surface area contributed by atoms with Crippen molar-refractivity contribution < 1.29 is 19.0 Å². The van der Waals surface area contributed by atoms with Crippen LogP contribution in [0.25, 0.3) is 0 Å². The van der Waals surface area contributed by atoms with Crippen LogP contribution >= 0.6 is 0 Å². The minimum atomic E-state index is -0.0560. The molecule has 0 saturated carbocycles. The fourth-order valence-corrected chi connectivity index (χ4v) is 1.61. The molecule has 1 aromatic rings. The average molecular weight is 227 g/mol. The van der Waals surface area contributed by atoms with E-state index >= 15 is 0 Å². The topological polar surface area (TPSA) is 63.9 Å². The molecule has 0 aliphatic carbocycles. The van der Waals surface area contributed by atoms with Gasteiger partial charge in [0.25, 0.3) is 0 Å². The molecule has 2 N–H and O–H groups in total. The van der Waals surface area contributed by atoms with Crippen molar-refractivity contribution in [1.29, 1.82) is 0 Å². The van der Waals surface area contributed by atoms with Gasteiger partial charge in [-0.1, -0.05) is 0 Å². The fraction of sp³-hybridized carbons (Fsp3) is 0.636. The molecule has 1 saturated heterocycles. The normalized spacial score (nSPS) is 21.2. The predicted molar refractivity (Wildman–Crippen MR) is 56.9 cm³/mol. The largest absolute Gasteiger partial charge is 0.462 e. The quantitative estimate of drug-likeness (QED) is 0.756. The van der Waals surface area contributed by atoms with Gasteiger partial charge in [-0.2, -0.15) is 0 Å². The highest BCUT2D eigenvalue weighted by molar-refractivity contribution is 5.06. The van der Waals surface area contributed by atoms with Gasteiger partial charge in [0.2, 0.25) is 0 Å². The molecule has 0 bridgehead atoms. The molecule has 5 nitrogen and oxygen atoms in total. The van der Waals surface area contributed by atoms with E-state index < -0.39 is 0 Å². The molecule has 90 valence electrons. The van der Waals surface area contributed by atoms with E-state index in [1.165, 1.54) is 0 Å². The maximum absolute atomic E-state index is 8.83. The Kier molecular flexibility index (Phi) is 4.35. The highest BCUT2D eigenvalue weighted by Crippen LogP contribution is 2.07. The van der Waals surface area contributed by atoms with Crippen molar-refractivity contribution in [2.45, 2.75) is 19.3 Å². The molecule has 0 radical (unpaired) electrons. The maximum atomic E-state index is 8.83. The Bertz CT molecular complexity index is 307. The van der Waals surface area contributed by atoms with Crippen LogP contribution in [-0.4, -0.2) is 37.6 Å². The van der Waals surface area contributed by atoms with Crippen LogP contribution in [-0.2, 0) is 22.6 Å². The van der Waals surface area contributed by atoms with Gasteiger partial charge in [0.1, 0.15) is 18.1 Å². The predicted octanol–water partition coefficient (Wildman–Crippen LogP) is 0.277. The standard InChI is InChI=1S/C11H17NO4/c13-7-10-2-1-9(16-10)5-12-6-11-8-14-3-4-15-11/h1-2,11-13H,3-8H2. The van der Waals surface area contributed by atoms with Crippen molar-refractivity contribution in [2.75, 3.05) is 26.4 Å². The number of ether oxygens (including phenoxy) is 2. The Labute approximate surface area is 94.3 Å². The number of hydrogen-bond acceptors (Lipinski definition) is 5. The molecular formula is C11H17NO4. The lowest BCUT2D eigenvalue weighted by Gasteiger charge is -2.22. The smallest absolute Gasteiger partial charge is 0.129 e. The fourth-order valence-electron chi connectivity index (χ4n) is 1.61. The Morgan fingerprint density at radius 3 is 2.88 bits per heavy atom. The van der Waals surface area contributed by atoms with Crippen LogP contribution in [0.5, 0.6) is 0 Å². The van der Waals surface area contributed by atoms with Gasteiger partial charge in [0, 0.05) is 6.54 Å². The van der Waals surface area contributed by atoms with Gasteiger partial charge in [0.05, 0.1) is 32.5 Å². The van der Waals surface area contributed by atoms with E-state index in [4.69, 9.17) is 19.0 Å². The third kappa shape index (κ3) is 3.31. The number of nitrogens with one attached hydrogen (secondary N) is 1. The first-order valence-corrected chi connectivity index (χ1v) is 5.47. The third-order valence-electron chi connectivity index (χ3n) is 2.43. The van der Waals surface area contributed by atoms with Gasteiger partial charge in [-0.25, -0.2) is 0 Å². The zero-order valence-corrected chi connectivity index (χ0v) is 9.15. The van der Waals surface area contributed by atoms with Crippen LogP contribution in [0.2, 0.25) is 0 Å². The minimum absolute atomic E-state index is 0.0560. The van der Waals surface area contributed by atoms with Gasteiger partial charge >= 0.3 is 0 Å². The zero-order chi connectivity index (χ0) is 11.2. The molecule has 5 heteroatoms. The second-order valence-electron chi connectivity index (χ2n) is 3.72. The second-order valence-corrected chi connectivity index (χ2v) is 3.72. The molecule has 2 rings (SSSR count). The van der Waals surface area contributed by atoms with E-state index in [0.29, 0.717) is 32.1 Å². The lowest BCUT2D eigenvalue weighted by atomic mass is 10.3. The van der Waals surface area contributed by atoms with E-state index in [1.807, 2.05) is 6.07 Å². The van der Waals surface area contributed by atoms with Crippen molar-refractivity contribution in [3.05, 3.63) is 23.7 Å². The molecule has 0 spiro atoms. The summed E-state index contributed by atoms with van der Waals surface area (Å²) in [5.41, 5.74) is 0. The molecule has 1 fully saturated rings. The Hall–Kier alpha value is -0.880. The highest BCUT2D eigenvalue weighted by atomic mass is 16.6. The first-order chi connectivity index (χ1) is 7.88. The van der Waals surface area contributed by atoms with Crippen LogP contribution in [0.1, 0.15) is 11.5 Å². The highest BCUT2D eigenvalue weighted by Gasteiger charge is 2.13. The summed E-state index contributed by atoms with van der Waals surface area (Å²) in [6, 6.07) is 3.63. The van der Waals surface area contributed by atoms with Crippen molar-refractivity contribution in [3.8, 4) is 0 Å². The number of aliphatic hydroxyl groups is 1. The van der Waals surface area contributed by atoms with Crippen LogP contribution in [0.3, 0.4) is 0 Å².